The van der Waals surface area contributed by atoms with Crippen molar-refractivity contribution in [1.29, 1.82) is 0 Å². The number of likely N-dealkylation sites (tertiary alicyclic amines) is 1. The number of fused-ring (bicyclic) bond motifs is 2. The number of carbonyl (C=O) groups is 2. The predicted octanol–water partition coefficient (Wildman–Crippen LogP) is 5.88. The highest BCUT2D eigenvalue weighted by Crippen LogP contribution is 2.32. The molecule has 0 unspecified atom stereocenters. The van der Waals surface area contributed by atoms with Crippen molar-refractivity contribution in [3.63, 3.8) is 0 Å². The molecule has 8 heteroatoms. The number of aromatic nitrogens is 1. The van der Waals surface area contributed by atoms with Crippen molar-refractivity contribution in [1.82, 2.24) is 9.88 Å². The first kappa shape index (κ1) is 26.4. The van der Waals surface area contributed by atoms with Crippen LogP contribution in [0.3, 0.4) is 0 Å². The van der Waals surface area contributed by atoms with Gasteiger partial charge in [0.25, 0.3) is 0 Å². The summed E-state index contributed by atoms with van der Waals surface area (Å²) in [5, 5.41) is 2.17. The minimum absolute atomic E-state index is 0.0151. The molecule has 4 aromatic rings. The Labute approximate surface area is 232 Å². The number of nitrogens with zero attached hydrogens (tertiary/aromatic N) is 2. The van der Waals surface area contributed by atoms with Gasteiger partial charge in [0.2, 0.25) is 11.8 Å². The van der Waals surface area contributed by atoms with Crippen molar-refractivity contribution < 1.29 is 27.9 Å². The summed E-state index contributed by atoms with van der Waals surface area (Å²) < 4.78 is 31.5. The SMILES string of the molecule is COC(=O)C1CCC(OC[C@@H]2C[C@H](F)CN2C(=O)Cc2ccc3nc(-c4cccc5ccccc45)oc3c2)CC1. The van der Waals surface area contributed by atoms with Crippen LogP contribution in [0.2, 0.25) is 0 Å². The highest BCUT2D eigenvalue weighted by molar-refractivity contribution is 5.95. The lowest BCUT2D eigenvalue weighted by molar-refractivity contribution is -0.148. The lowest BCUT2D eigenvalue weighted by atomic mass is 9.87. The minimum Gasteiger partial charge on any atom is -0.469 e. The number of oxazole rings is 1. The Morgan fingerprint density at radius 1 is 1.05 bits per heavy atom. The molecule has 2 atom stereocenters. The van der Waals surface area contributed by atoms with E-state index in [0.29, 0.717) is 18.1 Å². The first-order valence-electron chi connectivity index (χ1n) is 14.0. The van der Waals surface area contributed by atoms with Crippen molar-refractivity contribution in [3.8, 4) is 11.5 Å². The molecule has 1 aliphatic carbocycles. The maximum Gasteiger partial charge on any atom is 0.308 e. The number of ether oxygens (including phenoxy) is 2. The lowest BCUT2D eigenvalue weighted by Gasteiger charge is -2.30. The summed E-state index contributed by atoms with van der Waals surface area (Å²) in [5.74, 6) is 0.165. The summed E-state index contributed by atoms with van der Waals surface area (Å²) in [6.45, 7) is 0.382. The van der Waals surface area contributed by atoms with E-state index in [9.17, 15) is 14.0 Å². The Kier molecular flexibility index (Phi) is 7.52. The molecule has 0 bridgehead atoms. The van der Waals surface area contributed by atoms with Crippen LogP contribution in [0.1, 0.15) is 37.7 Å². The van der Waals surface area contributed by atoms with Crippen molar-refractivity contribution in [3.05, 3.63) is 66.2 Å². The standard InChI is InChI=1S/C32H33FN2O5/c1-38-32(37)22-10-12-25(13-11-22)39-19-24-17-23(33)18-35(24)30(36)16-20-9-14-28-29(15-20)40-31(34-28)27-8-4-6-21-5-2-3-7-26(21)27/h2-9,14-15,22-25H,10-13,16-19H2,1H3/t22?,23-,24-,25?/m0/s1. The fraction of sp³-hybridized carbons (Fsp3) is 0.406. The number of benzene rings is 3. The largest absolute Gasteiger partial charge is 0.469 e. The van der Waals surface area contributed by atoms with Crippen LogP contribution >= 0.6 is 0 Å². The van der Waals surface area contributed by atoms with Crippen LogP contribution in [0.4, 0.5) is 4.39 Å². The highest BCUT2D eigenvalue weighted by atomic mass is 19.1. The number of alkyl halides is 1. The fourth-order valence-electron chi connectivity index (χ4n) is 6.08. The molecule has 208 valence electrons. The molecule has 2 aliphatic rings. The van der Waals surface area contributed by atoms with Gasteiger partial charge in [0.15, 0.2) is 5.58 Å². The van der Waals surface area contributed by atoms with E-state index in [1.165, 1.54) is 7.11 Å². The number of esters is 1. The Hall–Kier alpha value is -3.78. The quantitative estimate of drug-likeness (QED) is 0.271. The summed E-state index contributed by atoms with van der Waals surface area (Å²) in [6, 6.07) is 19.4. The lowest BCUT2D eigenvalue weighted by Crippen LogP contribution is -2.40. The normalized spacial score (nSPS) is 23.1. The van der Waals surface area contributed by atoms with E-state index in [0.717, 1.165) is 53.1 Å². The van der Waals surface area contributed by atoms with Gasteiger partial charge in [0, 0.05) is 12.0 Å². The molecule has 2 fully saturated rings. The number of methoxy groups -OCH3 is 1. The third-order valence-corrected chi connectivity index (χ3v) is 8.25. The fourth-order valence-corrected chi connectivity index (χ4v) is 6.08. The summed E-state index contributed by atoms with van der Waals surface area (Å²) in [6.07, 6.45) is 2.35. The molecule has 3 aromatic carbocycles. The molecule has 0 N–H and O–H groups in total. The molecular formula is C32H33FN2O5. The summed E-state index contributed by atoms with van der Waals surface area (Å²) in [7, 11) is 1.41. The van der Waals surface area contributed by atoms with Gasteiger partial charge >= 0.3 is 5.97 Å². The topological polar surface area (TPSA) is 81.9 Å². The first-order chi connectivity index (χ1) is 19.5. The molecule has 6 rings (SSSR count). The smallest absolute Gasteiger partial charge is 0.308 e. The van der Waals surface area contributed by atoms with E-state index >= 15 is 0 Å². The molecule has 0 spiro atoms. The Morgan fingerprint density at radius 2 is 1.85 bits per heavy atom. The maximum atomic E-state index is 14.4. The zero-order valence-corrected chi connectivity index (χ0v) is 22.6. The van der Waals surface area contributed by atoms with Gasteiger partial charge in [-0.05, 0) is 60.2 Å². The second kappa shape index (κ2) is 11.4. The van der Waals surface area contributed by atoms with E-state index in [-0.39, 0.29) is 49.3 Å². The van der Waals surface area contributed by atoms with Gasteiger partial charge in [-0.2, -0.15) is 0 Å². The number of hydrogen-bond donors (Lipinski definition) is 0. The molecule has 7 nitrogen and oxygen atoms in total. The van der Waals surface area contributed by atoms with Gasteiger partial charge in [-0.15, -0.1) is 0 Å². The van der Waals surface area contributed by atoms with Crippen LogP contribution < -0.4 is 0 Å². The Bertz CT molecular complexity index is 1520. The molecule has 1 aromatic heterocycles. The van der Waals surface area contributed by atoms with Crippen molar-refractivity contribution in [2.75, 3.05) is 20.3 Å². The van der Waals surface area contributed by atoms with E-state index in [1.54, 1.807) is 4.90 Å². The zero-order chi connectivity index (χ0) is 27.6. The third kappa shape index (κ3) is 5.45. The van der Waals surface area contributed by atoms with Crippen LogP contribution in [0.15, 0.2) is 65.1 Å². The average molecular weight is 545 g/mol. The average Bonchev–Trinajstić information content (AvgIpc) is 3.58. The zero-order valence-electron chi connectivity index (χ0n) is 22.6. The van der Waals surface area contributed by atoms with Crippen molar-refractivity contribution in [2.45, 2.75) is 56.8 Å². The second-order valence-corrected chi connectivity index (χ2v) is 10.9. The third-order valence-electron chi connectivity index (χ3n) is 8.25. The second-order valence-electron chi connectivity index (χ2n) is 10.9. The van der Waals surface area contributed by atoms with Crippen LogP contribution in [0.25, 0.3) is 33.3 Å². The first-order valence-corrected chi connectivity index (χ1v) is 14.0. The summed E-state index contributed by atoms with van der Waals surface area (Å²) in [4.78, 5) is 31.4. The van der Waals surface area contributed by atoms with Crippen LogP contribution in [-0.2, 0) is 25.5 Å². The van der Waals surface area contributed by atoms with Gasteiger partial charge < -0.3 is 18.8 Å². The van der Waals surface area contributed by atoms with Crippen LogP contribution in [0.5, 0.6) is 0 Å². The van der Waals surface area contributed by atoms with Gasteiger partial charge in [0.05, 0.1) is 44.7 Å². The Morgan fingerprint density at radius 3 is 2.67 bits per heavy atom. The Balaban J connectivity index is 1.11. The molecule has 1 saturated carbocycles. The van der Waals surface area contributed by atoms with Gasteiger partial charge in [0.1, 0.15) is 11.7 Å². The predicted molar refractivity (Wildman–Crippen MR) is 149 cm³/mol. The summed E-state index contributed by atoms with van der Waals surface area (Å²) >= 11 is 0. The molecule has 2 heterocycles. The number of halogens is 1. The maximum absolute atomic E-state index is 14.4. The molecule has 1 aliphatic heterocycles. The number of amides is 1. The van der Waals surface area contributed by atoms with E-state index in [1.807, 2.05) is 48.5 Å². The molecule has 1 amide bonds. The molecule has 1 saturated heterocycles. The van der Waals surface area contributed by atoms with Crippen molar-refractivity contribution >= 4 is 33.7 Å². The van der Waals surface area contributed by atoms with E-state index in [4.69, 9.17) is 13.9 Å². The highest BCUT2D eigenvalue weighted by Gasteiger charge is 2.36. The van der Waals surface area contributed by atoms with E-state index in [2.05, 4.69) is 17.1 Å². The van der Waals surface area contributed by atoms with Crippen LogP contribution in [0, 0.1) is 5.92 Å². The van der Waals surface area contributed by atoms with Gasteiger partial charge in [-0.3, -0.25) is 9.59 Å². The van der Waals surface area contributed by atoms with Crippen molar-refractivity contribution in [2.24, 2.45) is 5.92 Å². The van der Waals surface area contributed by atoms with E-state index < -0.39 is 6.17 Å². The molecular weight excluding hydrogens is 511 g/mol. The minimum atomic E-state index is -1.06. The number of carbonyl (C=O) groups excluding carboxylic acids is 2. The molecule has 0 radical (unpaired) electrons. The van der Waals surface area contributed by atoms with Gasteiger partial charge in [-0.1, -0.05) is 42.5 Å². The molecule has 40 heavy (non-hydrogen) atoms. The summed E-state index contributed by atoms with van der Waals surface area (Å²) in [5.41, 5.74) is 3.04. The monoisotopic (exact) mass is 544 g/mol. The number of rotatable bonds is 7. The number of hydrogen-bond acceptors (Lipinski definition) is 6. The van der Waals surface area contributed by atoms with Crippen LogP contribution in [-0.4, -0.2) is 60.3 Å². The van der Waals surface area contributed by atoms with Gasteiger partial charge in [-0.25, -0.2) is 9.37 Å².